The maximum Gasteiger partial charge on any atom is 0.303 e. The molecule has 0 aliphatic carbocycles. The molecule has 0 radical (unpaired) electrons. The molecule has 0 bridgehead atoms. The van der Waals surface area contributed by atoms with Gasteiger partial charge in [-0.05, 0) is 40.0 Å². The van der Waals surface area contributed by atoms with Crippen LogP contribution in [-0.4, -0.2) is 21.3 Å². The van der Waals surface area contributed by atoms with Crippen molar-refractivity contribution in [2.24, 2.45) is 5.92 Å². The van der Waals surface area contributed by atoms with Gasteiger partial charge in [0.25, 0.3) is 0 Å². The first-order valence-corrected chi connectivity index (χ1v) is 7.54. The number of aromatic nitrogens is 2. The molecule has 1 unspecified atom stereocenters. The lowest BCUT2D eigenvalue weighted by Crippen LogP contribution is -2.07. The van der Waals surface area contributed by atoms with E-state index in [4.69, 9.17) is 9.52 Å². The van der Waals surface area contributed by atoms with Crippen molar-refractivity contribution in [3.05, 3.63) is 33.0 Å². The van der Waals surface area contributed by atoms with E-state index in [0.717, 1.165) is 14.5 Å². The van der Waals surface area contributed by atoms with Crippen molar-refractivity contribution >= 4 is 37.8 Å². The van der Waals surface area contributed by atoms with Gasteiger partial charge in [-0.2, -0.15) is 0 Å². The molecule has 5 nitrogen and oxygen atoms in total. The van der Waals surface area contributed by atoms with Gasteiger partial charge in [-0.3, -0.25) is 4.79 Å². The van der Waals surface area contributed by atoms with Gasteiger partial charge in [-0.25, -0.2) is 0 Å². The van der Waals surface area contributed by atoms with E-state index in [1.807, 2.05) is 25.1 Å². The topological polar surface area (TPSA) is 76.2 Å². The average molecular weight is 404 g/mol. The Morgan fingerprint density at radius 1 is 1.40 bits per heavy atom. The molecule has 7 heteroatoms. The fraction of sp³-hybridized carbons (Fsp3) is 0.308. The van der Waals surface area contributed by atoms with Gasteiger partial charge in [0.1, 0.15) is 0 Å². The van der Waals surface area contributed by atoms with Gasteiger partial charge < -0.3 is 9.52 Å². The molecular weight excluding hydrogens is 392 g/mol. The first-order chi connectivity index (χ1) is 9.45. The summed E-state index contributed by atoms with van der Waals surface area (Å²) in [6.45, 7) is 1.84. The quantitative estimate of drug-likeness (QED) is 0.818. The molecule has 1 aromatic carbocycles. The standard InChI is InChI=1S/C13H12Br2N2O3/c1-7(5-12(18)19)4-11-16-17-13(20-11)9-6-8(14)2-3-10(9)15/h2-3,6-7H,4-5H2,1H3,(H,18,19). The summed E-state index contributed by atoms with van der Waals surface area (Å²) in [5.41, 5.74) is 0.795. The van der Waals surface area contributed by atoms with Crippen molar-refractivity contribution in [1.82, 2.24) is 10.2 Å². The predicted octanol–water partition coefficient (Wildman–Crippen LogP) is 3.91. The van der Waals surface area contributed by atoms with Crippen molar-refractivity contribution in [1.29, 1.82) is 0 Å². The van der Waals surface area contributed by atoms with E-state index in [0.29, 0.717) is 18.2 Å². The Labute approximate surface area is 132 Å². The highest BCUT2D eigenvalue weighted by Crippen LogP contribution is 2.30. The van der Waals surface area contributed by atoms with Gasteiger partial charge in [0.05, 0.1) is 5.56 Å². The molecule has 0 fully saturated rings. The number of nitrogens with zero attached hydrogens (tertiary/aromatic N) is 2. The zero-order valence-corrected chi connectivity index (χ0v) is 13.8. The van der Waals surface area contributed by atoms with Crippen LogP contribution in [0.3, 0.4) is 0 Å². The van der Waals surface area contributed by atoms with Crippen LogP contribution in [-0.2, 0) is 11.2 Å². The van der Waals surface area contributed by atoms with Gasteiger partial charge in [0.15, 0.2) is 0 Å². The monoisotopic (exact) mass is 402 g/mol. The molecule has 2 rings (SSSR count). The molecule has 1 aromatic heterocycles. The van der Waals surface area contributed by atoms with Crippen LogP contribution >= 0.6 is 31.9 Å². The van der Waals surface area contributed by atoms with Crippen LogP contribution in [0.1, 0.15) is 19.2 Å². The Morgan fingerprint density at radius 2 is 2.15 bits per heavy atom. The fourth-order valence-corrected chi connectivity index (χ4v) is 2.55. The Bertz CT molecular complexity index is 628. The number of benzene rings is 1. The lowest BCUT2D eigenvalue weighted by Gasteiger charge is -2.04. The van der Waals surface area contributed by atoms with E-state index in [2.05, 4.69) is 42.1 Å². The minimum absolute atomic E-state index is 0.0493. The molecule has 20 heavy (non-hydrogen) atoms. The third-order valence-corrected chi connectivity index (χ3v) is 3.86. The summed E-state index contributed by atoms with van der Waals surface area (Å²) in [4.78, 5) is 10.6. The summed E-state index contributed by atoms with van der Waals surface area (Å²) in [7, 11) is 0. The molecule has 0 saturated heterocycles. The fourth-order valence-electron chi connectivity index (χ4n) is 1.77. The number of carbonyl (C=O) groups is 1. The summed E-state index contributed by atoms with van der Waals surface area (Å²) >= 11 is 6.83. The molecule has 0 aliphatic heterocycles. The zero-order valence-electron chi connectivity index (χ0n) is 10.6. The highest BCUT2D eigenvalue weighted by molar-refractivity contribution is 9.11. The summed E-state index contributed by atoms with van der Waals surface area (Å²) in [5, 5.41) is 16.7. The number of aliphatic carboxylic acids is 1. The highest BCUT2D eigenvalue weighted by atomic mass is 79.9. The smallest absolute Gasteiger partial charge is 0.303 e. The van der Waals surface area contributed by atoms with Crippen LogP contribution in [0.15, 0.2) is 31.6 Å². The maximum atomic E-state index is 10.6. The van der Waals surface area contributed by atoms with E-state index in [-0.39, 0.29) is 12.3 Å². The molecule has 2 aromatic rings. The van der Waals surface area contributed by atoms with E-state index < -0.39 is 5.97 Å². The number of halogens is 2. The van der Waals surface area contributed by atoms with Crippen molar-refractivity contribution in [3.8, 4) is 11.5 Å². The minimum atomic E-state index is -0.827. The Morgan fingerprint density at radius 3 is 2.85 bits per heavy atom. The third kappa shape index (κ3) is 3.89. The van der Waals surface area contributed by atoms with Crippen molar-refractivity contribution < 1.29 is 14.3 Å². The average Bonchev–Trinajstić information content (AvgIpc) is 2.79. The van der Waals surface area contributed by atoms with Crippen LogP contribution in [0.2, 0.25) is 0 Å². The number of rotatable bonds is 5. The maximum absolute atomic E-state index is 10.6. The van der Waals surface area contributed by atoms with Crippen LogP contribution < -0.4 is 0 Å². The van der Waals surface area contributed by atoms with Gasteiger partial charge in [-0.15, -0.1) is 10.2 Å². The molecule has 0 saturated carbocycles. The number of hydrogen-bond acceptors (Lipinski definition) is 4. The van der Waals surface area contributed by atoms with Gasteiger partial charge >= 0.3 is 5.97 Å². The van der Waals surface area contributed by atoms with Gasteiger partial charge in [0, 0.05) is 21.8 Å². The molecule has 0 amide bonds. The molecular formula is C13H12Br2N2O3. The SMILES string of the molecule is CC(CC(=O)O)Cc1nnc(-c2cc(Br)ccc2Br)o1. The second kappa shape index (κ2) is 6.49. The Balaban J connectivity index is 2.16. The summed E-state index contributed by atoms with van der Waals surface area (Å²) in [5.74, 6) is -0.0185. The number of hydrogen-bond donors (Lipinski definition) is 1. The third-order valence-electron chi connectivity index (χ3n) is 2.67. The molecule has 1 heterocycles. The van der Waals surface area contributed by atoms with E-state index in [1.54, 1.807) is 0 Å². The van der Waals surface area contributed by atoms with Gasteiger partial charge in [0.2, 0.25) is 11.8 Å². The largest absolute Gasteiger partial charge is 0.481 e. The summed E-state index contributed by atoms with van der Waals surface area (Å²) < 4.78 is 7.36. The molecule has 106 valence electrons. The minimum Gasteiger partial charge on any atom is -0.481 e. The molecule has 0 spiro atoms. The highest BCUT2D eigenvalue weighted by Gasteiger charge is 2.15. The van der Waals surface area contributed by atoms with Crippen LogP contribution in [0, 0.1) is 5.92 Å². The van der Waals surface area contributed by atoms with E-state index in [9.17, 15) is 4.79 Å². The van der Waals surface area contributed by atoms with Crippen LogP contribution in [0.25, 0.3) is 11.5 Å². The van der Waals surface area contributed by atoms with Gasteiger partial charge in [-0.1, -0.05) is 22.9 Å². The first kappa shape index (κ1) is 15.2. The second-order valence-electron chi connectivity index (χ2n) is 4.53. The van der Waals surface area contributed by atoms with Crippen molar-refractivity contribution in [3.63, 3.8) is 0 Å². The summed E-state index contributed by atoms with van der Waals surface area (Å²) in [6, 6.07) is 5.66. The van der Waals surface area contributed by atoms with Crippen LogP contribution in [0.4, 0.5) is 0 Å². The second-order valence-corrected chi connectivity index (χ2v) is 6.30. The van der Waals surface area contributed by atoms with E-state index in [1.165, 1.54) is 0 Å². The normalized spacial score (nSPS) is 12.3. The van der Waals surface area contributed by atoms with Crippen molar-refractivity contribution in [2.75, 3.05) is 0 Å². The lowest BCUT2D eigenvalue weighted by atomic mass is 10.0. The molecule has 1 N–H and O–H groups in total. The molecule has 0 aliphatic rings. The predicted molar refractivity (Wildman–Crippen MR) is 80.3 cm³/mol. The Hall–Kier alpha value is -1.21. The lowest BCUT2D eigenvalue weighted by molar-refractivity contribution is -0.137. The Kier molecular flexibility index (Phi) is 4.93. The van der Waals surface area contributed by atoms with E-state index >= 15 is 0 Å². The number of carboxylic acids is 1. The van der Waals surface area contributed by atoms with Crippen LogP contribution in [0.5, 0.6) is 0 Å². The van der Waals surface area contributed by atoms with Crippen molar-refractivity contribution in [2.45, 2.75) is 19.8 Å². The first-order valence-electron chi connectivity index (χ1n) is 5.95. The molecule has 1 atom stereocenters. The number of carboxylic acid groups (broad SMARTS) is 1. The zero-order chi connectivity index (χ0) is 14.7. The summed E-state index contributed by atoms with van der Waals surface area (Å²) in [6.07, 6.45) is 0.531.